The summed E-state index contributed by atoms with van der Waals surface area (Å²) in [7, 11) is 1.93. The van der Waals surface area contributed by atoms with Crippen molar-refractivity contribution in [1.82, 2.24) is 5.32 Å². The number of nitrogens with two attached hydrogens (primary N) is 1. The van der Waals surface area contributed by atoms with Crippen molar-refractivity contribution in [3.63, 3.8) is 0 Å². The van der Waals surface area contributed by atoms with Crippen LogP contribution >= 0.6 is 0 Å². The van der Waals surface area contributed by atoms with E-state index in [1.165, 1.54) is 6.42 Å². The van der Waals surface area contributed by atoms with Crippen molar-refractivity contribution in [3.8, 4) is 0 Å². The van der Waals surface area contributed by atoms with Crippen LogP contribution in [0.4, 0.5) is 0 Å². The van der Waals surface area contributed by atoms with Crippen molar-refractivity contribution in [1.29, 1.82) is 0 Å². The van der Waals surface area contributed by atoms with Gasteiger partial charge in [-0.15, -0.1) is 0 Å². The average molecular weight is 160 g/mol. The number of hydrogen-bond donors (Lipinski definition) is 2. The molecule has 0 heterocycles. The molecule has 68 valence electrons. The molecule has 0 bridgehead atoms. The summed E-state index contributed by atoms with van der Waals surface area (Å²) in [6, 6.07) is 0. The van der Waals surface area contributed by atoms with E-state index in [1.807, 2.05) is 7.05 Å². The zero-order chi connectivity index (χ0) is 8.36. The van der Waals surface area contributed by atoms with Crippen LogP contribution < -0.4 is 11.1 Å². The summed E-state index contributed by atoms with van der Waals surface area (Å²) in [4.78, 5) is 0. The van der Waals surface area contributed by atoms with Gasteiger partial charge in [0.2, 0.25) is 0 Å². The maximum absolute atomic E-state index is 5.34. The van der Waals surface area contributed by atoms with Crippen LogP contribution in [-0.4, -0.2) is 33.4 Å². The third kappa shape index (κ3) is 9.88. The summed E-state index contributed by atoms with van der Waals surface area (Å²) in [6.45, 7) is 3.44. The first-order chi connectivity index (χ1) is 5.41. The van der Waals surface area contributed by atoms with E-state index < -0.39 is 0 Å². The third-order valence-electron chi connectivity index (χ3n) is 1.49. The van der Waals surface area contributed by atoms with Gasteiger partial charge >= 0.3 is 0 Å². The SMILES string of the molecule is CNCCOCCCCCN. The lowest BCUT2D eigenvalue weighted by Gasteiger charge is -2.02. The molecular formula is C8H20N2O. The van der Waals surface area contributed by atoms with Gasteiger partial charge in [0.25, 0.3) is 0 Å². The maximum Gasteiger partial charge on any atom is 0.0590 e. The van der Waals surface area contributed by atoms with Gasteiger partial charge < -0.3 is 15.8 Å². The molecule has 0 amide bonds. The molecule has 0 fully saturated rings. The molecule has 0 aromatic rings. The summed E-state index contributed by atoms with van der Waals surface area (Å²) in [6.07, 6.45) is 3.45. The Morgan fingerprint density at radius 3 is 2.64 bits per heavy atom. The molecule has 0 radical (unpaired) electrons. The predicted molar refractivity (Wildman–Crippen MR) is 47.7 cm³/mol. The highest BCUT2D eigenvalue weighted by molar-refractivity contribution is 4.42. The Balaban J connectivity index is 2.69. The summed E-state index contributed by atoms with van der Waals surface area (Å²) >= 11 is 0. The molecule has 3 N–H and O–H groups in total. The van der Waals surface area contributed by atoms with Crippen molar-refractivity contribution in [2.45, 2.75) is 19.3 Å². The van der Waals surface area contributed by atoms with Crippen LogP contribution in [0.3, 0.4) is 0 Å². The van der Waals surface area contributed by atoms with E-state index in [0.717, 1.165) is 39.1 Å². The number of hydrogen-bond acceptors (Lipinski definition) is 3. The van der Waals surface area contributed by atoms with E-state index in [4.69, 9.17) is 10.5 Å². The van der Waals surface area contributed by atoms with Crippen LogP contribution in [-0.2, 0) is 4.74 Å². The minimum atomic E-state index is 0.802. The first-order valence-corrected chi connectivity index (χ1v) is 4.34. The van der Waals surface area contributed by atoms with Gasteiger partial charge in [0.15, 0.2) is 0 Å². The molecule has 3 nitrogen and oxygen atoms in total. The summed E-state index contributed by atoms with van der Waals surface area (Å²) in [5.74, 6) is 0. The summed E-state index contributed by atoms with van der Waals surface area (Å²) in [5, 5.41) is 3.02. The second-order valence-corrected chi connectivity index (χ2v) is 2.57. The molecule has 0 aliphatic heterocycles. The molecule has 0 unspecified atom stereocenters. The minimum absolute atomic E-state index is 0.802. The molecule has 0 aliphatic rings. The molecule has 0 aliphatic carbocycles. The zero-order valence-corrected chi connectivity index (χ0v) is 7.44. The molecule has 0 aromatic carbocycles. The molecule has 11 heavy (non-hydrogen) atoms. The molecule has 0 saturated carbocycles. The van der Waals surface area contributed by atoms with E-state index in [-0.39, 0.29) is 0 Å². The Kier molecular flexibility index (Phi) is 9.77. The van der Waals surface area contributed by atoms with E-state index in [1.54, 1.807) is 0 Å². The summed E-state index contributed by atoms with van der Waals surface area (Å²) in [5.41, 5.74) is 5.34. The van der Waals surface area contributed by atoms with Crippen molar-refractivity contribution in [2.75, 3.05) is 33.4 Å². The predicted octanol–water partition coefficient (Wildman–Crippen LogP) is 0.351. The molecule has 0 atom stereocenters. The van der Waals surface area contributed by atoms with Crippen molar-refractivity contribution < 1.29 is 4.74 Å². The Labute approximate surface area is 69.3 Å². The smallest absolute Gasteiger partial charge is 0.0590 e. The number of rotatable bonds is 8. The average Bonchev–Trinajstić information content (AvgIpc) is 2.03. The normalized spacial score (nSPS) is 10.4. The quantitative estimate of drug-likeness (QED) is 0.504. The van der Waals surface area contributed by atoms with Gasteiger partial charge in [0.1, 0.15) is 0 Å². The Bertz CT molecular complexity index is 61.1. The number of likely N-dealkylation sites (N-methyl/N-ethyl adjacent to an activating group) is 1. The van der Waals surface area contributed by atoms with E-state index in [2.05, 4.69) is 5.32 Å². The zero-order valence-electron chi connectivity index (χ0n) is 7.44. The molecule has 0 aromatic heterocycles. The fourth-order valence-corrected chi connectivity index (χ4v) is 0.802. The minimum Gasteiger partial charge on any atom is -0.380 e. The standard InChI is InChI=1S/C8H20N2O/c1-10-6-8-11-7-4-2-3-5-9/h10H,2-9H2,1H3. The largest absolute Gasteiger partial charge is 0.380 e. The molecule has 3 heteroatoms. The fraction of sp³-hybridized carbons (Fsp3) is 1.00. The van der Waals surface area contributed by atoms with Crippen LogP contribution in [0.15, 0.2) is 0 Å². The van der Waals surface area contributed by atoms with Gasteiger partial charge in [-0.05, 0) is 32.9 Å². The van der Waals surface area contributed by atoms with Gasteiger partial charge in [0, 0.05) is 13.2 Å². The molecule has 0 saturated heterocycles. The molecule has 0 spiro atoms. The van der Waals surface area contributed by atoms with Crippen LogP contribution in [0.1, 0.15) is 19.3 Å². The van der Waals surface area contributed by atoms with Gasteiger partial charge in [0.05, 0.1) is 6.61 Å². The first-order valence-electron chi connectivity index (χ1n) is 4.34. The monoisotopic (exact) mass is 160 g/mol. The lowest BCUT2D eigenvalue weighted by Crippen LogP contribution is -2.14. The van der Waals surface area contributed by atoms with Gasteiger partial charge in [-0.1, -0.05) is 0 Å². The van der Waals surface area contributed by atoms with Crippen LogP contribution in [0.2, 0.25) is 0 Å². The van der Waals surface area contributed by atoms with Crippen LogP contribution in [0.5, 0.6) is 0 Å². The Morgan fingerprint density at radius 1 is 1.18 bits per heavy atom. The topological polar surface area (TPSA) is 47.3 Å². The second kappa shape index (κ2) is 9.88. The van der Waals surface area contributed by atoms with Crippen LogP contribution in [0, 0.1) is 0 Å². The highest BCUT2D eigenvalue weighted by Crippen LogP contribution is 1.93. The van der Waals surface area contributed by atoms with Crippen molar-refractivity contribution >= 4 is 0 Å². The lowest BCUT2D eigenvalue weighted by atomic mass is 10.2. The maximum atomic E-state index is 5.34. The fourth-order valence-electron chi connectivity index (χ4n) is 0.802. The van der Waals surface area contributed by atoms with E-state index in [9.17, 15) is 0 Å². The Hall–Kier alpha value is -0.120. The van der Waals surface area contributed by atoms with Gasteiger partial charge in [-0.2, -0.15) is 0 Å². The third-order valence-corrected chi connectivity index (χ3v) is 1.49. The lowest BCUT2D eigenvalue weighted by molar-refractivity contribution is 0.133. The number of ether oxygens (including phenoxy) is 1. The van der Waals surface area contributed by atoms with E-state index in [0.29, 0.717) is 0 Å². The molecular weight excluding hydrogens is 140 g/mol. The molecule has 0 rings (SSSR count). The first kappa shape index (κ1) is 10.9. The number of nitrogens with one attached hydrogen (secondary N) is 1. The number of unbranched alkanes of at least 4 members (excludes halogenated alkanes) is 2. The Morgan fingerprint density at radius 2 is 2.00 bits per heavy atom. The van der Waals surface area contributed by atoms with Crippen LogP contribution in [0.25, 0.3) is 0 Å². The van der Waals surface area contributed by atoms with E-state index >= 15 is 0 Å². The van der Waals surface area contributed by atoms with Crippen molar-refractivity contribution in [3.05, 3.63) is 0 Å². The van der Waals surface area contributed by atoms with Gasteiger partial charge in [-0.25, -0.2) is 0 Å². The van der Waals surface area contributed by atoms with Crippen molar-refractivity contribution in [2.24, 2.45) is 5.73 Å². The highest BCUT2D eigenvalue weighted by atomic mass is 16.5. The van der Waals surface area contributed by atoms with Gasteiger partial charge in [-0.3, -0.25) is 0 Å². The second-order valence-electron chi connectivity index (χ2n) is 2.57. The summed E-state index contributed by atoms with van der Waals surface area (Å²) < 4.78 is 5.32. The highest BCUT2D eigenvalue weighted by Gasteiger charge is 1.87.